The molecular formula is C15H23NO2. The van der Waals surface area contributed by atoms with Gasteiger partial charge >= 0.3 is 0 Å². The summed E-state index contributed by atoms with van der Waals surface area (Å²) in [7, 11) is 3.34. The molecule has 2 rings (SSSR count). The van der Waals surface area contributed by atoms with Gasteiger partial charge in [0.1, 0.15) is 0 Å². The fourth-order valence-corrected chi connectivity index (χ4v) is 2.27. The second kappa shape index (κ2) is 6.64. The molecule has 0 bridgehead atoms. The van der Waals surface area contributed by atoms with Crippen molar-refractivity contribution in [2.45, 2.75) is 25.7 Å². The van der Waals surface area contributed by atoms with Crippen LogP contribution in [-0.4, -0.2) is 27.3 Å². The summed E-state index contributed by atoms with van der Waals surface area (Å²) >= 11 is 0. The third-order valence-electron chi connectivity index (χ3n) is 3.70. The minimum Gasteiger partial charge on any atom is -0.493 e. The molecule has 0 saturated heterocycles. The minimum absolute atomic E-state index is 0.795. The molecule has 1 N–H and O–H groups in total. The van der Waals surface area contributed by atoms with Crippen LogP contribution in [0.5, 0.6) is 11.5 Å². The first-order valence-corrected chi connectivity index (χ1v) is 6.75. The summed E-state index contributed by atoms with van der Waals surface area (Å²) in [6, 6.07) is 6.14. The predicted molar refractivity (Wildman–Crippen MR) is 73.5 cm³/mol. The summed E-state index contributed by atoms with van der Waals surface area (Å²) in [6.07, 6.45) is 5.27. The molecule has 0 atom stereocenters. The quantitative estimate of drug-likeness (QED) is 0.754. The van der Waals surface area contributed by atoms with Crippen molar-refractivity contribution in [1.29, 1.82) is 0 Å². The van der Waals surface area contributed by atoms with Crippen LogP contribution in [0.15, 0.2) is 18.2 Å². The Hall–Kier alpha value is -1.22. The van der Waals surface area contributed by atoms with Gasteiger partial charge in [-0.3, -0.25) is 0 Å². The van der Waals surface area contributed by atoms with Crippen molar-refractivity contribution in [3.63, 3.8) is 0 Å². The van der Waals surface area contributed by atoms with Crippen molar-refractivity contribution in [3.8, 4) is 11.5 Å². The zero-order valence-corrected chi connectivity index (χ0v) is 11.4. The molecular weight excluding hydrogens is 226 g/mol. The van der Waals surface area contributed by atoms with E-state index in [0.717, 1.165) is 30.4 Å². The summed E-state index contributed by atoms with van der Waals surface area (Å²) in [6.45, 7) is 2.21. The third-order valence-corrected chi connectivity index (χ3v) is 3.70. The number of hydrogen-bond acceptors (Lipinski definition) is 3. The van der Waals surface area contributed by atoms with E-state index in [1.807, 2.05) is 6.07 Å². The van der Waals surface area contributed by atoms with Gasteiger partial charge in [0.25, 0.3) is 0 Å². The lowest BCUT2D eigenvalue weighted by molar-refractivity contribution is 0.302. The van der Waals surface area contributed by atoms with Crippen molar-refractivity contribution in [3.05, 3.63) is 23.8 Å². The summed E-state index contributed by atoms with van der Waals surface area (Å²) < 4.78 is 10.5. The van der Waals surface area contributed by atoms with Crippen molar-refractivity contribution in [2.75, 3.05) is 27.3 Å². The summed E-state index contributed by atoms with van der Waals surface area (Å²) in [5.41, 5.74) is 1.29. The molecule has 0 radical (unpaired) electrons. The number of ether oxygens (including phenoxy) is 2. The van der Waals surface area contributed by atoms with Crippen LogP contribution in [0.4, 0.5) is 0 Å². The fourth-order valence-electron chi connectivity index (χ4n) is 2.27. The number of methoxy groups -OCH3 is 2. The van der Waals surface area contributed by atoms with E-state index in [0.29, 0.717) is 0 Å². The maximum absolute atomic E-state index is 5.30. The average Bonchev–Trinajstić information content (AvgIpc) is 2.36. The lowest BCUT2D eigenvalue weighted by atomic mass is 9.85. The zero-order chi connectivity index (χ0) is 12.8. The highest BCUT2D eigenvalue weighted by atomic mass is 16.5. The number of nitrogens with one attached hydrogen (secondary N) is 1. The van der Waals surface area contributed by atoms with Gasteiger partial charge in [0.2, 0.25) is 0 Å². The second-order valence-electron chi connectivity index (χ2n) is 4.94. The van der Waals surface area contributed by atoms with Gasteiger partial charge in [0.15, 0.2) is 11.5 Å². The second-order valence-corrected chi connectivity index (χ2v) is 4.94. The standard InChI is InChI=1S/C15H23NO2/c1-17-14-7-6-12(10-15(14)18-2)8-9-16-11-13-4-3-5-13/h6-7,10,13,16H,3-5,8-9,11H2,1-2H3. The Kier molecular flexibility index (Phi) is 4.88. The van der Waals surface area contributed by atoms with Gasteiger partial charge < -0.3 is 14.8 Å². The Morgan fingerprint density at radius 2 is 1.94 bits per heavy atom. The highest BCUT2D eigenvalue weighted by Crippen LogP contribution is 2.27. The number of hydrogen-bond donors (Lipinski definition) is 1. The molecule has 3 heteroatoms. The number of rotatable bonds is 7. The topological polar surface area (TPSA) is 30.5 Å². The first-order chi connectivity index (χ1) is 8.83. The highest BCUT2D eigenvalue weighted by molar-refractivity contribution is 5.42. The maximum atomic E-state index is 5.30. The van der Waals surface area contributed by atoms with E-state index in [-0.39, 0.29) is 0 Å². The van der Waals surface area contributed by atoms with Gasteiger partial charge in [-0.25, -0.2) is 0 Å². The van der Waals surface area contributed by atoms with Crippen LogP contribution in [0.25, 0.3) is 0 Å². The van der Waals surface area contributed by atoms with Crippen molar-refractivity contribution < 1.29 is 9.47 Å². The van der Waals surface area contributed by atoms with E-state index >= 15 is 0 Å². The van der Waals surface area contributed by atoms with Crippen LogP contribution in [0.2, 0.25) is 0 Å². The van der Waals surface area contributed by atoms with Gasteiger partial charge in [-0.1, -0.05) is 12.5 Å². The van der Waals surface area contributed by atoms with E-state index in [1.165, 1.54) is 31.4 Å². The molecule has 100 valence electrons. The summed E-state index contributed by atoms with van der Waals surface area (Å²) in [5.74, 6) is 2.54. The van der Waals surface area contributed by atoms with E-state index < -0.39 is 0 Å². The predicted octanol–water partition coefficient (Wildman–Crippen LogP) is 2.64. The van der Waals surface area contributed by atoms with Crippen LogP contribution in [0.3, 0.4) is 0 Å². The van der Waals surface area contributed by atoms with E-state index in [9.17, 15) is 0 Å². The molecule has 0 aliphatic heterocycles. The molecule has 0 spiro atoms. The van der Waals surface area contributed by atoms with Gasteiger partial charge in [-0.15, -0.1) is 0 Å². The molecule has 0 unspecified atom stereocenters. The van der Waals surface area contributed by atoms with Crippen LogP contribution >= 0.6 is 0 Å². The monoisotopic (exact) mass is 249 g/mol. The lowest BCUT2D eigenvalue weighted by Crippen LogP contribution is -2.28. The molecule has 3 nitrogen and oxygen atoms in total. The maximum Gasteiger partial charge on any atom is 0.160 e. The summed E-state index contributed by atoms with van der Waals surface area (Å²) in [4.78, 5) is 0. The van der Waals surface area contributed by atoms with Crippen molar-refractivity contribution in [2.24, 2.45) is 5.92 Å². The highest BCUT2D eigenvalue weighted by Gasteiger charge is 2.16. The van der Waals surface area contributed by atoms with Gasteiger partial charge in [0, 0.05) is 0 Å². The van der Waals surface area contributed by atoms with Crippen molar-refractivity contribution in [1.82, 2.24) is 5.32 Å². The molecule has 0 aromatic heterocycles. The van der Waals surface area contributed by atoms with Gasteiger partial charge in [-0.2, -0.15) is 0 Å². The van der Waals surface area contributed by atoms with E-state index in [1.54, 1.807) is 14.2 Å². The van der Waals surface area contributed by atoms with Crippen LogP contribution in [0.1, 0.15) is 24.8 Å². The molecule has 0 heterocycles. The Morgan fingerprint density at radius 1 is 1.17 bits per heavy atom. The largest absolute Gasteiger partial charge is 0.493 e. The fraction of sp³-hybridized carbons (Fsp3) is 0.600. The average molecular weight is 249 g/mol. The molecule has 1 aliphatic rings. The first kappa shape index (κ1) is 13.2. The van der Waals surface area contributed by atoms with Crippen LogP contribution in [0, 0.1) is 5.92 Å². The van der Waals surface area contributed by atoms with Gasteiger partial charge in [-0.05, 0) is 56.0 Å². The molecule has 18 heavy (non-hydrogen) atoms. The Bertz CT molecular complexity index is 375. The first-order valence-electron chi connectivity index (χ1n) is 6.75. The SMILES string of the molecule is COc1ccc(CCNCC2CCC2)cc1OC. The molecule has 0 amide bonds. The molecule has 1 aromatic rings. The van der Waals surface area contributed by atoms with Crippen LogP contribution in [-0.2, 0) is 6.42 Å². The molecule has 1 aliphatic carbocycles. The van der Waals surface area contributed by atoms with E-state index in [4.69, 9.17) is 9.47 Å². The van der Waals surface area contributed by atoms with Gasteiger partial charge in [0.05, 0.1) is 14.2 Å². The smallest absolute Gasteiger partial charge is 0.160 e. The normalized spacial score (nSPS) is 15.2. The Morgan fingerprint density at radius 3 is 2.56 bits per heavy atom. The molecule has 1 fully saturated rings. The molecule has 1 aromatic carbocycles. The lowest BCUT2D eigenvalue weighted by Gasteiger charge is -2.25. The summed E-state index contributed by atoms with van der Waals surface area (Å²) in [5, 5.41) is 3.53. The third kappa shape index (κ3) is 3.39. The Balaban J connectivity index is 1.77. The van der Waals surface area contributed by atoms with E-state index in [2.05, 4.69) is 17.4 Å². The Labute approximate surface area is 109 Å². The van der Waals surface area contributed by atoms with Crippen molar-refractivity contribution >= 4 is 0 Å². The zero-order valence-electron chi connectivity index (χ0n) is 11.4. The minimum atomic E-state index is 0.795. The number of benzene rings is 1. The molecule has 1 saturated carbocycles. The van der Waals surface area contributed by atoms with Crippen LogP contribution < -0.4 is 14.8 Å².